The van der Waals surface area contributed by atoms with Crippen molar-refractivity contribution < 1.29 is 19.8 Å². The van der Waals surface area contributed by atoms with Crippen LogP contribution in [-0.4, -0.2) is 30.5 Å². The molecule has 0 saturated carbocycles. The summed E-state index contributed by atoms with van der Waals surface area (Å²) in [6.45, 7) is -0.141. The standard InChI is InChI=1S/C8H10BClO4/c10-8-3-1-7(2-4-8)9(12)14-13-6-5-11/h1-4,11-12H,5-6H2. The lowest BCUT2D eigenvalue weighted by molar-refractivity contribution is -0.225. The summed E-state index contributed by atoms with van der Waals surface area (Å²) < 4.78 is 0. The van der Waals surface area contributed by atoms with Gasteiger partial charge in [-0.05, 0) is 17.6 Å². The van der Waals surface area contributed by atoms with Crippen molar-refractivity contribution in [2.24, 2.45) is 0 Å². The summed E-state index contributed by atoms with van der Waals surface area (Å²) in [5.41, 5.74) is 0.535. The molecule has 0 saturated heterocycles. The molecule has 0 unspecified atom stereocenters. The lowest BCUT2D eigenvalue weighted by Gasteiger charge is -2.06. The number of aliphatic hydroxyl groups is 1. The molecule has 1 aromatic rings. The molecular weight excluding hydrogens is 206 g/mol. The summed E-state index contributed by atoms with van der Waals surface area (Å²) in [5, 5.41) is 18.3. The maximum atomic E-state index is 9.37. The normalized spacial score (nSPS) is 10.2. The van der Waals surface area contributed by atoms with Crippen LogP contribution in [0.1, 0.15) is 0 Å². The molecule has 0 heterocycles. The van der Waals surface area contributed by atoms with Gasteiger partial charge in [0.25, 0.3) is 0 Å². The predicted octanol–water partition coefficient (Wildman–Crippen LogP) is -0.0320. The largest absolute Gasteiger partial charge is 0.523 e. The molecule has 6 heteroatoms. The highest BCUT2D eigenvalue weighted by atomic mass is 35.5. The second-order valence-corrected chi connectivity index (χ2v) is 2.98. The molecule has 0 aliphatic rings. The van der Waals surface area contributed by atoms with Gasteiger partial charge in [-0.25, -0.2) is 4.89 Å². The van der Waals surface area contributed by atoms with E-state index < -0.39 is 7.12 Å². The number of benzene rings is 1. The maximum Gasteiger partial charge on any atom is 0.523 e. The Kier molecular flexibility index (Phi) is 4.93. The molecule has 0 spiro atoms. The number of rotatable bonds is 5. The highest BCUT2D eigenvalue weighted by Crippen LogP contribution is 2.04. The Morgan fingerprint density at radius 3 is 2.50 bits per heavy atom. The fourth-order valence-corrected chi connectivity index (χ4v) is 0.959. The highest BCUT2D eigenvalue weighted by Gasteiger charge is 2.17. The molecule has 0 atom stereocenters. The Morgan fingerprint density at radius 2 is 1.93 bits per heavy atom. The third-order valence-corrected chi connectivity index (χ3v) is 1.74. The minimum atomic E-state index is -1.17. The van der Waals surface area contributed by atoms with Gasteiger partial charge in [0.05, 0.1) is 6.61 Å². The molecule has 2 N–H and O–H groups in total. The predicted molar refractivity (Wildman–Crippen MR) is 53.2 cm³/mol. The van der Waals surface area contributed by atoms with Crippen molar-refractivity contribution >= 4 is 24.2 Å². The van der Waals surface area contributed by atoms with Crippen LogP contribution in [0.5, 0.6) is 0 Å². The Bertz CT molecular complexity index is 267. The van der Waals surface area contributed by atoms with Gasteiger partial charge in [-0.3, -0.25) is 4.81 Å². The molecule has 76 valence electrons. The molecule has 0 fully saturated rings. The first-order valence-electron chi connectivity index (χ1n) is 4.06. The summed E-state index contributed by atoms with van der Waals surface area (Å²) in [5.74, 6) is 0. The SMILES string of the molecule is OCCOOB(O)c1ccc(Cl)cc1. The molecule has 0 aliphatic heterocycles. The molecule has 14 heavy (non-hydrogen) atoms. The summed E-state index contributed by atoms with van der Waals surface area (Å²) in [4.78, 5) is 9.06. The van der Waals surface area contributed by atoms with Gasteiger partial charge in [-0.15, -0.1) is 0 Å². The van der Waals surface area contributed by atoms with E-state index in [9.17, 15) is 5.02 Å². The van der Waals surface area contributed by atoms with Crippen LogP contribution in [0.15, 0.2) is 24.3 Å². The van der Waals surface area contributed by atoms with E-state index in [0.29, 0.717) is 10.5 Å². The van der Waals surface area contributed by atoms with Crippen LogP contribution in [0.3, 0.4) is 0 Å². The van der Waals surface area contributed by atoms with Crippen LogP contribution in [0.25, 0.3) is 0 Å². The quantitative estimate of drug-likeness (QED) is 0.314. The average molecular weight is 216 g/mol. The van der Waals surface area contributed by atoms with Gasteiger partial charge in [0.1, 0.15) is 6.61 Å². The van der Waals surface area contributed by atoms with Crippen LogP contribution in [0.4, 0.5) is 0 Å². The molecule has 0 aromatic heterocycles. The van der Waals surface area contributed by atoms with Gasteiger partial charge in [0.15, 0.2) is 0 Å². The van der Waals surface area contributed by atoms with Crippen molar-refractivity contribution in [1.82, 2.24) is 0 Å². The van der Waals surface area contributed by atoms with E-state index in [-0.39, 0.29) is 13.2 Å². The zero-order valence-corrected chi connectivity index (χ0v) is 8.15. The second kappa shape index (κ2) is 6.00. The van der Waals surface area contributed by atoms with Crippen molar-refractivity contribution in [2.45, 2.75) is 0 Å². The lowest BCUT2D eigenvalue weighted by atomic mass is 9.80. The fraction of sp³-hybridized carbons (Fsp3) is 0.250. The number of hydrogen-bond donors (Lipinski definition) is 2. The summed E-state index contributed by atoms with van der Waals surface area (Å²) in [7, 11) is -1.17. The van der Waals surface area contributed by atoms with Crippen molar-refractivity contribution in [2.75, 3.05) is 13.2 Å². The highest BCUT2D eigenvalue weighted by molar-refractivity contribution is 6.59. The van der Waals surface area contributed by atoms with Gasteiger partial charge in [0.2, 0.25) is 0 Å². The minimum Gasteiger partial charge on any atom is -0.422 e. The summed E-state index contributed by atoms with van der Waals surface area (Å²) in [6, 6.07) is 6.51. The van der Waals surface area contributed by atoms with E-state index in [0.717, 1.165) is 0 Å². The number of hydrogen-bond acceptors (Lipinski definition) is 4. The topological polar surface area (TPSA) is 58.9 Å². The van der Waals surface area contributed by atoms with Gasteiger partial charge >= 0.3 is 7.12 Å². The molecular formula is C8H10BClO4. The zero-order chi connectivity index (χ0) is 10.4. The lowest BCUT2D eigenvalue weighted by Crippen LogP contribution is -2.33. The van der Waals surface area contributed by atoms with Crippen LogP contribution in [0, 0.1) is 0 Å². The third-order valence-electron chi connectivity index (χ3n) is 1.49. The Labute approximate surface area is 87.1 Å². The Balaban J connectivity index is 2.43. The van der Waals surface area contributed by atoms with E-state index in [4.69, 9.17) is 16.7 Å². The average Bonchev–Trinajstić information content (AvgIpc) is 2.19. The monoisotopic (exact) mass is 216 g/mol. The minimum absolute atomic E-state index is 0.0185. The maximum absolute atomic E-state index is 9.37. The number of halogens is 1. The van der Waals surface area contributed by atoms with E-state index in [1.807, 2.05) is 0 Å². The van der Waals surface area contributed by atoms with Crippen molar-refractivity contribution in [3.63, 3.8) is 0 Å². The van der Waals surface area contributed by atoms with E-state index in [2.05, 4.69) is 9.69 Å². The van der Waals surface area contributed by atoms with E-state index >= 15 is 0 Å². The molecule has 4 nitrogen and oxygen atoms in total. The van der Waals surface area contributed by atoms with Gasteiger partial charge < -0.3 is 10.1 Å². The zero-order valence-electron chi connectivity index (χ0n) is 7.39. The second-order valence-electron chi connectivity index (χ2n) is 2.55. The van der Waals surface area contributed by atoms with Gasteiger partial charge in [-0.2, -0.15) is 0 Å². The van der Waals surface area contributed by atoms with Gasteiger partial charge in [-0.1, -0.05) is 23.7 Å². The Morgan fingerprint density at radius 1 is 1.29 bits per heavy atom. The van der Waals surface area contributed by atoms with Crippen LogP contribution < -0.4 is 5.46 Å². The van der Waals surface area contributed by atoms with E-state index in [1.54, 1.807) is 24.3 Å². The first kappa shape index (κ1) is 11.5. The third kappa shape index (κ3) is 3.65. The first-order chi connectivity index (χ1) is 6.74. The Hall–Kier alpha value is -0.585. The van der Waals surface area contributed by atoms with Crippen molar-refractivity contribution in [3.05, 3.63) is 29.3 Å². The molecule has 0 radical (unpaired) electrons. The van der Waals surface area contributed by atoms with Crippen LogP contribution >= 0.6 is 11.6 Å². The van der Waals surface area contributed by atoms with Crippen LogP contribution in [-0.2, 0) is 9.69 Å². The van der Waals surface area contributed by atoms with Crippen LogP contribution in [0.2, 0.25) is 5.02 Å². The molecule has 1 rings (SSSR count). The summed E-state index contributed by atoms with van der Waals surface area (Å²) in [6.07, 6.45) is 0. The summed E-state index contributed by atoms with van der Waals surface area (Å²) >= 11 is 5.66. The van der Waals surface area contributed by atoms with Crippen molar-refractivity contribution in [1.29, 1.82) is 0 Å². The van der Waals surface area contributed by atoms with Gasteiger partial charge in [0, 0.05) is 5.02 Å². The molecule has 0 amide bonds. The van der Waals surface area contributed by atoms with Crippen molar-refractivity contribution in [3.8, 4) is 0 Å². The molecule has 1 aromatic carbocycles. The molecule has 0 bridgehead atoms. The molecule has 0 aliphatic carbocycles. The van der Waals surface area contributed by atoms with E-state index in [1.165, 1.54) is 0 Å². The first-order valence-corrected chi connectivity index (χ1v) is 4.44. The number of aliphatic hydroxyl groups excluding tert-OH is 1. The fourth-order valence-electron chi connectivity index (χ4n) is 0.833. The smallest absolute Gasteiger partial charge is 0.422 e.